The second-order valence-electron chi connectivity index (χ2n) is 5.64. The molecule has 2 rings (SSSR count). The van der Waals surface area contributed by atoms with Crippen molar-refractivity contribution in [3.63, 3.8) is 0 Å². The average Bonchev–Trinajstić information content (AvgIpc) is 2.61. The SMILES string of the molecule is Cc1ccccc1NC(=S)N[C@@H](NC(=O)/C=C/c1ccccc1)C(Cl)(Cl)Cl. The smallest absolute Gasteiger partial charge is 0.245 e. The maximum absolute atomic E-state index is 12.2. The number of alkyl halides is 3. The number of thiocarbonyl (C=S) groups is 1. The van der Waals surface area contributed by atoms with Crippen LogP contribution in [0.2, 0.25) is 0 Å². The van der Waals surface area contributed by atoms with E-state index in [1.54, 1.807) is 6.08 Å². The van der Waals surface area contributed by atoms with Crippen molar-refractivity contribution in [2.75, 3.05) is 5.32 Å². The predicted molar refractivity (Wildman–Crippen MR) is 118 cm³/mol. The van der Waals surface area contributed by atoms with Crippen molar-refractivity contribution in [3.05, 3.63) is 71.8 Å². The molecule has 0 saturated carbocycles. The third-order valence-corrected chi connectivity index (χ3v) is 4.38. The topological polar surface area (TPSA) is 53.2 Å². The van der Waals surface area contributed by atoms with Crippen LogP contribution in [0, 0.1) is 6.92 Å². The lowest BCUT2D eigenvalue weighted by Crippen LogP contribution is -2.55. The van der Waals surface area contributed by atoms with Gasteiger partial charge >= 0.3 is 0 Å². The Bertz CT molecular complexity index is 822. The summed E-state index contributed by atoms with van der Waals surface area (Å²) in [4.78, 5) is 12.2. The molecule has 0 radical (unpaired) electrons. The molecule has 1 atom stereocenters. The van der Waals surface area contributed by atoms with Gasteiger partial charge in [-0.3, -0.25) is 4.79 Å². The molecule has 2 aromatic rings. The van der Waals surface area contributed by atoms with Crippen LogP contribution in [0.25, 0.3) is 6.08 Å². The number of hydrogen-bond donors (Lipinski definition) is 3. The number of halogens is 3. The van der Waals surface area contributed by atoms with Gasteiger partial charge in [-0.1, -0.05) is 83.3 Å². The monoisotopic (exact) mass is 441 g/mol. The van der Waals surface area contributed by atoms with Gasteiger partial charge < -0.3 is 16.0 Å². The third-order valence-electron chi connectivity index (χ3n) is 3.51. The minimum Gasteiger partial charge on any atom is -0.339 e. The van der Waals surface area contributed by atoms with Crippen molar-refractivity contribution in [2.45, 2.75) is 16.9 Å². The summed E-state index contributed by atoms with van der Waals surface area (Å²) in [6, 6.07) is 17.0. The van der Waals surface area contributed by atoms with E-state index in [-0.39, 0.29) is 5.11 Å². The molecule has 0 aliphatic rings. The van der Waals surface area contributed by atoms with Crippen LogP contribution in [-0.2, 0) is 4.79 Å². The molecule has 1 amide bonds. The number of carbonyl (C=O) groups is 1. The van der Waals surface area contributed by atoms with Gasteiger partial charge in [0.05, 0.1) is 0 Å². The number of anilines is 1. The van der Waals surface area contributed by atoms with Crippen molar-refractivity contribution in [1.82, 2.24) is 10.6 Å². The van der Waals surface area contributed by atoms with Crippen LogP contribution in [0.1, 0.15) is 11.1 Å². The Morgan fingerprint density at radius 3 is 2.30 bits per heavy atom. The van der Waals surface area contributed by atoms with E-state index in [0.717, 1.165) is 16.8 Å². The molecule has 8 heteroatoms. The largest absolute Gasteiger partial charge is 0.339 e. The second kappa shape index (κ2) is 9.95. The lowest BCUT2D eigenvalue weighted by Gasteiger charge is -2.27. The van der Waals surface area contributed by atoms with Crippen LogP contribution < -0.4 is 16.0 Å². The number of rotatable bonds is 5. The first kappa shape index (κ1) is 21.5. The minimum absolute atomic E-state index is 0.216. The van der Waals surface area contributed by atoms with E-state index < -0.39 is 15.9 Å². The van der Waals surface area contributed by atoms with Crippen LogP contribution in [0.15, 0.2) is 60.7 Å². The maximum Gasteiger partial charge on any atom is 0.245 e. The summed E-state index contributed by atoms with van der Waals surface area (Å²) in [6.45, 7) is 1.94. The molecule has 0 unspecified atom stereocenters. The summed E-state index contributed by atoms with van der Waals surface area (Å²) in [5, 5.41) is 8.65. The molecular formula is C19H18Cl3N3OS. The third kappa shape index (κ3) is 7.39. The zero-order chi connectivity index (χ0) is 19.9. The van der Waals surface area contributed by atoms with Gasteiger partial charge in [0.2, 0.25) is 9.70 Å². The lowest BCUT2D eigenvalue weighted by atomic mass is 10.2. The predicted octanol–water partition coefficient (Wildman–Crippen LogP) is 4.81. The maximum atomic E-state index is 12.2. The van der Waals surface area contributed by atoms with E-state index in [0.29, 0.717) is 0 Å². The summed E-state index contributed by atoms with van der Waals surface area (Å²) >= 11 is 23.2. The zero-order valence-electron chi connectivity index (χ0n) is 14.4. The molecule has 0 aromatic heterocycles. The molecule has 0 aliphatic carbocycles. The van der Waals surface area contributed by atoms with Crippen LogP contribution in [-0.4, -0.2) is 21.0 Å². The van der Waals surface area contributed by atoms with Crippen molar-refractivity contribution in [3.8, 4) is 0 Å². The molecular weight excluding hydrogens is 425 g/mol. The molecule has 0 heterocycles. The second-order valence-corrected chi connectivity index (χ2v) is 8.42. The molecule has 27 heavy (non-hydrogen) atoms. The summed E-state index contributed by atoms with van der Waals surface area (Å²) in [5.74, 6) is -0.429. The zero-order valence-corrected chi connectivity index (χ0v) is 17.5. The number of carbonyl (C=O) groups excluding carboxylic acids is 1. The van der Waals surface area contributed by atoms with E-state index in [1.807, 2.05) is 61.5 Å². The van der Waals surface area contributed by atoms with Gasteiger partial charge in [-0.05, 0) is 42.4 Å². The molecule has 0 saturated heterocycles. The molecule has 142 valence electrons. The van der Waals surface area contributed by atoms with E-state index in [1.165, 1.54) is 6.08 Å². The highest BCUT2D eigenvalue weighted by molar-refractivity contribution is 7.80. The first-order chi connectivity index (χ1) is 12.8. The van der Waals surface area contributed by atoms with Crippen molar-refractivity contribution < 1.29 is 4.79 Å². The Balaban J connectivity index is 2.00. The fraction of sp³-hybridized carbons (Fsp3) is 0.158. The minimum atomic E-state index is -1.81. The van der Waals surface area contributed by atoms with Gasteiger partial charge in [-0.15, -0.1) is 0 Å². The number of aryl methyl sites for hydroxylation is 1. The fourth-order valence-electron chi connectivity index (χ4n) is 2.13. The standard InChI is InChI=1S/C19H18Cl3N3OS/c1-13-7-5-6-10-15(13)23-18(27)25-17(19(20,21)22)24-16(26)12-11-14-8-3-2-4-9-14/h2-12,17H,1H3,(H,24,26)(H2,23,25,27)/b12-11+/t17-/m1/s1. The van der Waals surface area contributed by atoms with Crippen molar-refractivity contribution in [1.29, 1.82) is 0 Å². The molecule has 0 spiro atoms. The van der Waals surface area contributed by atoms with Gasteiger partial charge in [0.1, 0.15) is 6.17 Å². The van der Waals surface area contributed by atoms with Crippen LogP contribution in [0.5, 0.6) is 0 Å². The molecule has 0 bridgehead atoms. The van der Waals surface area contributed by atoms with E-state index in [2.05, 4.69) is 16.0 Å². The van der Waals surface area contributed by atoms with Gasteiger partial charge in [-0.2, -0.15) is 0 Å². The first-order valence-corrected chi connectivity index (χ1v) is 9.53. The van der Waals surface area contributed by atoms with Gasteiger partial charge in [-0.25, -0.2) is 0 Å². The van der Waals surface area contributed by atoms with Crippen molar-refractivity contribution >= 4 is 69.8 Å². The fourth-order valence-corrected chi connectivity index (χ4v) is 2.68. The highest BCUT2D eigenvalue weighted by atomic mass is 35.6. The Kier molecular flexibility index (Phi) is 7.92. The van der Waals surface area contributed by atoms with Crippen molar-refractivity contribution in [2.24, 2.45) is 0 Å². The van der Waals surface area contributed by atoms with E-state index in [4.69, 9.17) is 47.0 Å². The Labute approximate surface area is 178 Å². The highest BCUT2D eigenvalue weighted by Gasteiger charge is 2.34. The summed E-state index contributed by atoms with van der Waals surface area (Å²) in [6.07, 6.45) is 1.99. The molecule has 4 nitrogen and oxygen atoms in total. The first-order valence-electron chi connectivity index (χ1n) is 7.99. The summed E-state index contributed by atoms with van der Waals surface area (Å²) in [5.41, 5.74) is 2.69. The number of hydrogen-bond acceptors (Lipinski definition) is 2. The van der Waals surface area contributed by atoms with Crippen LogP contribution >= 0.6 is 47.0 Å². The normalized spacial score (nSPS) is 12.4. The van der Waals surface area contributed by atoms with E-state index >= 15 is 0 Å². The number of benzene rings is 2. The number of amides is 1. The number of para-hydroxylation sites is 1. The Hall–Kier alpha value is -1.79. The Morgan fingerprint density at radius 1 is 1.04 bits per heavy atom. The molecule has 3 N–H and O–H groups in total. The molecule has 0 aliphatic heterocycles. The molecule has 0 fully saturated rings. The van der Waals surface area contributed by atoms with Crippen LogP contribution in [0.3, 0.4) is 0 Å². The van der Waals surface area contributed by atoms with Crippen LogP contribution in [0.4, 0.5) is 5.69 Å². The summed E-state index contributed by atoms with van der Waals surface area (Å²) in [7, 11) is 0. The number of nitrogens with one attached hydrogen (secondary N) is 3. The van der Waals surface area contributed by atoms with E-state index in [9.17, 15) is 4.79 Å². The average molecular weight is 443 g/mol. The quantitative estimate of drug-likeness (QED) is 0.269. The van der Waals surface area contributed by atoms with Gasteiger partial charge in [0.25, 0.3) is 0 Å². The summed E-state index contributed by atoms with van der Waals surface area (Å²) < 4.78 is -1.81. The van der Waals surface area contributed by atoms with Gasteiger partial charge in [0.15, 0.2) is 5.11 Å². The molecule has 2 aromatic carbocycles. The lowest BCUT2D eigenvalue weighted by molar-refractivity contribution is -0.117. The highest BCUT2D eigenvalue weighted by Crippen LogP contribution is 2.29. The Morgan fingerprint density at radius 2 is 1.67 bits per heavy atom. The van der Waals surface area contributed by atoms with Gasteiger partial charge in [0, 0.05) is 11.8 Å².